The van der Waals surface area contributed by atoms with Gasteiger partial charge in [0.1, 0.15) is 5.41 Å². The number of carbonyl (C=O) groups is 2. The molecule has 0 aromatic carbocycles. The van der Waals surface area contributed by atoms with Gasteiger partial charge in [-0.1, -0.05) is 32.1 Å². The molecule has 3 fully saturated rings. The summed E-state index contributed by atoms with van der Waals surface area (Å²) in [4.78, 5) is 26.3. The van der Waals surface area contributed by atoms with E-state index in [2.05, 4.69) is 0 Å². The Balaban J connectivity index is 1.60. The Bertz CT molecular complexity index is 456. The van der Waals surface area contributed by atoms with Crippen molar-refractivity contribution in [3.8, 4) is 0 Å². The maximum absolute atomic E-state index is 12.8. The summed E-state index contributed by atoms with van der Waals surface area (Å²) in [6.45, 7) is 1.19. The van der Waals surface area contributed by atoms with Gasteiger partial charge in [-0.3, -0.25) is 9.59 Å². The number of hydrogen-bond donors (Lipinski definition) is 1. The average Bonchev–Trinajstić information content (AvgIpc) is 3.36. The second kappa shape index (κ2) is 6.80. The van der Waals surface area contributed by atoms with Gasteiger partial charge in [0.25, 0.3) is 0 Å². The fourth-order valence-corrected chi connectivity index (χ4v) is 4.77. The highest BCUT2D eigenvalue weighted by Crippen LogP contribution is 2.50. The quantitative estimate of drug-likeness (QED) is 0.844. The van der Waals surface area contributed by atoms with Crippen molar-refractivity contribution in [3.63, 3.8) is 0 Å². The molecule has 2 saturated carbocycles. The lowest BCUT2D eigenvalue weighted by molar-refractivity contribution is -0.159. The number of aliphatic carboxylic acids is 1. The number of rotatable bonds is 5. The van der Waals surface area contributed by atoms with E-state index in [4.69, 9.17) is 4.74 Å². The maximum Gasteiger partial charge on any atom is 0.313 e. The molecule has 1 aliphatic heterocycles. The van der Waals surface area contributed by atoms with E-state index >= 15 is 0 Å². The van der Waals surface area contributed by atoms with Crippen LogP contribution in [0.3, 0.4) is 0 Å². The van der Waals surface area contributed by atoms with Crippen molar-refractivity contribution < 1.29 is 19.4 Å². The summed E-state index contributed by atoms with van der Waals surface area (Å²) in [5, 5.41) is 9.61. The number of carbonyl (C=O) groups excluding carboxylic acids is 1. The average molecular weight is 323 g/mol. The Morgan fingerprint density at radius 3 is 2.61 bits per heavy atom. The van der Waals surface area contributed by atoms with E-state index in [0.29, 0.717) is 25.4 Å². The zero-order valence-corrected chi connectivity index (χ0v) is 14.1. The molecule has 2 aliphatic carbocycles. The minimum absolute atomic E-state index is 0.158. The van der Waals surface area contributed by atoms with Gasteiger partial charge in [-0.05, 0) is 31.1 Å². The first kappa shape index (κ1) is 16.7. The number of carboxylic acids is 1. The summed E-state index contributed by atoms with van der Waals surface area (Å²) >= 11 is 0. The molecule has 0 bridgehead atoms. The molecule has 0 spiro atoms. The lowest BCUT2D eigenvalue weighted by Gasteiger charge is -2.39. The Morgan fingerprint density at radius 1 is 1.22 bits per heavy atom. The summed E-state index contributed by atoms with van der Waals surface area (Å²) in [6, 6.07) is 0. The fraction of sp³-hybridized carbons (Fsp3) is 0.889. The summed E-state index contributed by atoms with van der Waals surface area (Å²) < 4.78 is 5.15. The van der Waals surface area contributed by atoms with Crippen molar-refractivity contribution in [2.24, 2.45) is 23.2 Å². The number of nitrogens with zero attached hydrogens (tertiary/aromatic N) is 1. The van der Waals surface area contributed by atoms with E-state index in [1.165, 1.54) is 39.2 Å². The van der Waals surface area contributed by atoms with Gasteiger partial charge >= 0.3 is 5.97 Å². The van der Waals surface area contributed by atoms with Crippen LogP contribution in [0.2, 0.25) is 0 Å². The van der Waals surface area contributed by atoms with Crippen molar-refractivity contribution in [1.29, 1.82) is 0 Å². The molecule has 1 amide bonds. The highest BCUT2D eigenvalue weighted by Gasteiger charge is 2.51. The van der Waals surface area contributed by atoms with E-state index in [9.17, 15) is 14.7 Å². The van der Waals surface area contributed by atoms with Crippen molar-refractivity contribution in [2.75, 3.05) is 26.8 Å². The number of hydrogen-bond acceptors (Lipinski definition) is 3. The minimum atomic E-state index is -0.919. The van der Waals surface area contributed by atoms with E-state index < -0.39 is 11.4 Å². The van der Waals surface area contributed by atoms with Crippen molar-refractivity contribution >= 4 is 11.9 Å². The van der Waals surface area contributed by atoms with Gasteiger partial charge in [0.05, 0.1) is 6.61 Å². The van der Waals surface area contributed by atoms with Crippen molar-refractivity contribution in [1.82, 2.24) is 4.90 Å². The molecule has 23 heavy (non-hydrogen) atoms. The zero-order valence-electron chi connectivity index (χ0n) is 14.1. The molecule has 1 N–H and O–H groups in total. The molecule has 3 atom stereocenters. The van der Waals surface area contributed by atoms with Gasteiger partial charge in [-0.2, -0.15) is 0 Å². The van der Waals surface area contributed by atoms with Gasteiger partial charge in [0, 0.05) is 26.1 Å². The molecule has 1 saturated heterocycles. The third-order valence-electron chi connectivity index (χ3n) is 6.18. The second-order valence-corrected chi connectivity index (χ2v) is 7.79. The second-order valence-electron chi connectivity index (χ2n) is 7.79. The first-order valence-corrected chi connectivity index (χ1v) is 9.08. The predicted octanol–water partition coefficient (Wildman–Crippen LogP) is 2.54. The Hall–Kier alpha value is -1.10. The highest BCUT2D eigenvalue weighted by molar-refractivity contribution is 5.83. The SMILES string of the molecule is COCC1(C(=O)O)CCCN(C(=O)C2CC2C2CCCCC2)C1. The normalized spacial score (nSPS) is 35.1. The molecule has 5 nitrogen and oxygen atoms in total. The van der Waals surface area contributed by atoms with Gasteiger partial charge < -0.3 is 14.7 Å². The number of amides is 1. The third-order valence-corrected chi connectivity index (χ3v) is 6.18. The van der Waals surface area contributed by atoms with Crippen LogP contribution in [-0.4, -0.2) is 48.7 Å². The Kier molecular flexibility index (Phi) is 4.95. The zero-order chi connectivity index (χ0) is 16.4. The molecule has 0 aromatic heterocycles. The number of piperidine rings is 1. The standard InChI is InChI=1S/C18H29NO4/c1-23-12-18(17(21)22)8-5-9-19(11-18)16(20)15-10-14(15)13-6-3-2-4-7-13/h13-15H,2-12H2,1H3,(H,21,22). The monoisotopic (exact) mass is 323 g/mol. The predicted molar refractivity (Wildman–Crippen MR) is 85.9 cm³/mol. The van der Waals surface area contributed by atoms with Crippen molar-refractivity contribution in [2.45, 2.75) is 51.4 Å². The number of carboxylic acid groups (broad SMARTS) is 1. The van der Waals surface area contributed by atoms with E-state index in [0.717, 1.165) is 18.8 Å². The van der Waals surface area contributed by atoms with Crippen LogP contribution < -0.4 is 0 Å². The highest BCUT2D eigenvalue weighted by atomic mass is 16.5. The Morgan fingerprint density at radius 2 is 1.96 bits per heavy atom. The van der Waals surface area contributed by atoms with Crippen molar-refractivity contribution in [3.05, 3.63) is 0 Å². The molecule has 3 unspecified atom stereocenters. The van der Waals surface area contributed by atoms with Crippen LogP contribution in [0, 0.1) is 23.2 Å². The van der Waals surface area contributed by atoms with E-state index in [1.807, 2.05) is 4.90 Å². The number of methoxy groups -OCH3 is 1. The lowest BCUT2D eigenvalue weighted by atomic mass is 9.80. The smallest absolute Gasteiger partial charge is 0.313 e. The van der Waals surface area contributed by atoms with Gasteiger partial charge in [-0.15, -0.1) is 0 Å². The molecule has 3 rings (SSSR count). The number of likely N-dealkylation sites (tertiary alicyclic amines) is 1. The van der Waals surface area contributed by atoms with Gasteiger partial charge in [0.2, 0.25) is 5.91 Å². The summed E-state index contributed by atoms with van der Waals surface area (Å²) in [5.41, 5.74) is -0.919. The van der Waals surface area contributed by atoms with Crippen LogP contribution in [0.1, 0.15) is 51.4 Å². The van der Waals surface area contributed by atoms with Crippen LogP contribution in [0.5, 0.6) is 0 Å². The molecule has 0 radical (unpaired) electrons. The van der Waals surface area contributed by atoms with Crippen LogP contribution in [-0.2, 0) is 14.3 Å². The van der Waals surface area contributed by atoms with Crippen LogP contribution in [0.25, 0.3) is 0 Å². The molecule has 130 valence electrons. The maximum atomic E-state index is 12.8. The third kappa shape index (κ3) is 3.39. The molecular weight excluding hydrogens is 294 g/mol. The fourth-order valence-electron chi connectivity index (χ4n) is 4.77. The summed E-state index contributed by atoms with van der Waals surface area (Å²) in [6.07, 6.45) is 8.87. The molecule has 1 heterocycles. The van der Waals surface area contributed by atoms with Crippen LogP contribution in [0.15, 0.2) is 0 Å². The largest absolute Gasteiger partial charge is 0.481 e. The van der Waals surface area contributed by atoms with Crippen LogP contribution >= 0.6 is 0 Å². The molecule has 0 aromatic rings. The summed E-state index contributed by atoms with van der Waals surface area (Å²) in [5.74, 6) is 0.806. The first-order chi connectivity index (χ1) is 11.1. The van der Waals surface area contributed by atoms with Gasteiger partial charge in [0.15, 0.2) is 0 Å². The van der Waals surface area contributed by atoms with E-state index in [1.54, 1.807) is 0 Å². The summed E-state index contributed by atoms with van der Waals surface area (Å²) in [7, 11) is 1.53. The minimum Gasteiger partial charge on any atom is -0.481 e. The van der Waals surface area contributed by atoms with Crippen LogP contribution in [0.4, 0.5) is 0 Å². The molecular formula is C18H29NO4. The Labute approximate surface area is 138 Å². The molecule has 5 heteroatoms. The topological polar surface area (TPSA) is 66.8 Å². The van der Waals surface area contributed by atoms with Gasteiger partial charge in [-0.25, -0.2) is 0 Å². The number of ether oxygens (including phenoxy) is 1. The van der Waals surface area contributed by atoms with E-state index in [-0.39, 0.29) is 18.4 Å². The molecule has 3 aliphatic rings. The first-order valence-electron chi connectivity index (χ1n) is 9.08. The lowest BCUT2D eigenvalue weighted by Crippen LogP contribution is -2.52.